The Labute approximate surface area is 82.3 Å². The minimum atomic E-state index is -0.322. The predicted molar refractivity (Wildman–Crippen MR) is 53.3 cm³/mol. The summed E-state index contributed by atoms with van der Waals surface area (Å²) in [5.41, 5.74) is 6.36. The highest BCUT2D eigenvalue weighted by Gasteiger charge is 2.34. The number of ether oxygens (including phenoxy) is 1. The number of carbonyl (C=O) groups is 1. The number of nitrogens with two attached hydrogens (primary N) is 1. The number of carbonyl (C=O) groups excluding carboxylic acids is 1. The van der Waals surface area contributed by atoms with E-state index < -0.39 is 0 Å². The second-order valence-corrected chi connectivity index (χ2v) is 3.25. The molecule has 1 heterocycles. The van der Waals surface area contributed by atoms with Gasteiger partial charge >= 0.3 is 0 Å². The number of rotatable bonds is 2. The van der Waals surface area contributed by atoms with E-state index in [1.54, 1.807) is 12.0 Å². The Bertz CT molecular complexity index is 348. The van der Waals surface area contributed by atoms with Crippen LogP contribution >= 0.6 is 0 Å². The molecule has 0 spiro atoms. The summed E-state index contributed by atoms with van der Waals surface area (Å²) in [6.45, 7) is 0.602. The van der Waals surface area contributed by atoms with Crippen LogP contribution in [0.25, 0.3) is 0 Å². The van der Waals surface area contributed by atoms with Crippen molar-refractivity contribution >= 4 is 11.6 Å². The van der Waals surface area contributed by atoms with Gasteiger partial charge in [0.05, 0.1) is 13.7 Å². The van der Waals surface area contributed by atoms with Gasteiger partial charge in [0, 0.05) is 5.69 Å². The van der Waals surface area contributed by atoms with Crippen LogP contribution in [-0.2, 0) is 4.79 Å². The van der Waals surface area contributed by atoms with Crippen LogP contribution in [0.5, 0.6) is 5.75 Å². The van der Waals surface area contributed by atoms with E-state index in [1.807, 2.05) is 24.3 Å². The maximum atomic E-state index is 11.3. The molecule has 2 rings (SSSR count). The van der Waals surface area contributed by atoms with Gasteiger partial charge in [-0.15, -0.1) is 0 Å². The Morgan fingerprint density at radius 1 is 1.43 bits per heavy atom. The molecule has 0 bridgehead atoms. The number of amides is 1. The molecule has 0 aromatic heterocycles. The standard InChI is InChI=1S/C10H12N2O2/c1-14-8-4-2-7(3-5-8)12-6-9(11)10(12)13/h2-5,9H,6,11H2,1H3/t9-/m1/s1. The Hall–Kier alpha value is -1.55. The van der Waals surface area contributed by atoms with Crippen molar-refractivity contribution in [2.45, 2.75) is 6.04 Å². The minimum Gasteiger partial charge on any atom is -0.497 e. The van der Waals surface area contributed by atoms with E-state index >= 15 is 0 Å². The van der Waals surface area contributed by atoms with E-state index in [9.17, 15) is 4.79 Å². The molecule has 0 aliphatic carbocycles. The third kappa shape index (κ3) is 1.33. The first-order valence-corrected chi connectivity index (χ1v) is 4.43. The van der Waals surface area contributed by atoms with Crippen LogP contribution in [0, 0.1) is 0 Å². The molecule has 1 fully saturated rings. The van der Waals surface area contributed by atoms with Gasteiger partial charge in [0.2, 0.25) is 5.91 Å². The third-order valence-corrected chi connectivity index (χ3v) is 2.35. The minimum absolute atomic E-state index is 0.0184. The molecular formula is C10H12N2O2. The Balaban J connectivity index is 2.14. The largest absolute Gasteiger partial charge is 0.497 e. The first-order chi connectivity index (χ1) is 6.72. The number of methoxy groups -OCH3 is 1. The van der Waals surface area contributed by atoms with Crippen molar-refractivity contribution in [3.8, 4) is 5.75 Å². The average Bonchev–Trinajstić information content (AvgIpc) is 2.25. The molecule has 0 unspecified atom stereocenters. The molecule has 4 heteroatoms. The predicted octanol–water partition coefficient (Wildman–Crippen LogP) is 0.369. The number of β-lactam (4-membered cyclic amide) rings is 1. The molecule has 1 aromatic carbocycles. The molecular weight excluding hydrogens is 180 g/mol. The average molecular weight is 192 g/mol. The molecule has 4 nitrogen and oxygen atoms in total. The van der Waals surface area contributed by atoms with E-state index in [2.05, 4.69) is 0 Å². The SMILES string of the molecule is COc1ccc(N2C[C@@H](N)C2=O)cc1. The lowest BCUT2D eigenvalue weighted by Crippen LogP contribution is -2.61. The number of nitrogens with zero attached hydrogens (tertiary/aromatic N) is 1. The molecule has 1 aromatic rings. The van der Waals surface area contributed by atoms with E-state index in [-0.39, 0.29) is 11.9 Å². The first-order valence-electron chi connectivity index (χ1n) is 4.43. The number of hydrogen-bond acceptors (Lipinski definition) is 3. The molecule has 0 saturated carbocycles. The van der Waals surface area contributed by atoms with Crippen LogP contribution in [0.2, 0.25) is 0 Å². The highest BCUT2D eigenvalue weighted by atomic mass is 16.5. The van der Waals surface area contributed by atoms with E-state index in [4.69, 9.17) is 10.5 Å². The van der Waals surface area contributed by atoms with Gasteiger partial charge in [0.25, 0.3) is 0 Å². The van der Waals surface area contributed by atoms with Gasteiger partial charge in [-0.1, -0.05) is 0 Å². The fourth-order valence-corrected chi connectivity index (χ4v) is 1.45. The summed E-state index contributed by atoms with van der Waals surface area (Å²) < 4.78 is 5.02. The summed E-state index contributed by atoms with van der Waals surface area (Å²) in [5.74, 6) is 0.765. The van der Waals surface area contributed by atoms with Crippen molar-refractivity contribution in [2.75, 3.05) is 18.6 Å². The second-order valence-electron chi connectivity index (χ2n) is 3.25. The lowest BCUT2D eigenvalue weighted by molar-refractivity contribution is -0.123. The van der Waals surface area contributed by atoms with Crippen LogP contribution in [0.1, 0.15) is 0 Å². The monoisotopic (exact) mass is 192 g/mol. The lowest BCUT2D eigenvalue weighted by Gasteiger charge is -2.36. The molecule has 14 heavy (non-hydrogen) atoms. The Morgan fingerprint density at radius 2 is 2.07 bits per heavy atom. The summed E-state index contributed by atoms with van der Waals surface area (Å²) in [6.07, 6.45) is 0. The number of benzene rings is 1. The van der Waals surface area contributed by atoms with Gasteiger partial charge in [-0.25, -0.2) is 0 Å². The zero-order chi connectivity index (χ0) is 10.1. The van der Waals surface area contributed by atoms with Crippen LogP contribution < -0.4 is 15.4 Å². The van der Waals surface area contributed by atoms with Crippen molar-refractivity contribution in [1.82, 2.24) is 0 Å². The quantitative estimate of drug-likeness (QED) is 0.689. The number of hydrogen-bond donors (Lipinski definition) is 1. The molecule has 1 amide bonds. The first kappa shape index (κ1) is 9.02. The van der Waals surface area contributed by atoms with Gasteiger partial charge in [0.15, 0.2) is 0 Å². The normalized spacial score (nSPS) is 20.6. The van der Waals surface area contributed by atoms with Gasteiger partial charge in [0.1, 0.15) is 11.8 Å². The van der Waals surface area contributed by atoms with Crippen molar-refractivity contribution in [3.05, 3.63) is 24.3 Å². The van der Waals surface area contributed by atoms with Crippen LogP contribution in [0.3, 0.4) is 0 Å². The van der Waals surface area contributed by atoms with Gasteiger partial charge < -0.3 is 15.4 Å². The molecule has 2 N–H and O–H groups in total. The maximum Gasteiger partial charge on any atom is 0.245 e. The smallest absolute Gasteiger partial charge is 0.245 e. The zero-order valence-corrected chi connectivity index (χ0v) is 7.93. The van der Waals surface area contributed by atoms with Crippen molar-refractivity contribution in [1.29, 1.82) is 0 Å². The van der Waals surface area contributed by atoms with Crippen molar-refractivity contribution < 1.29 is 9.53 Å². The summed E-state index contributed by atoms with van der Waals surface area (Å²) >= 11 is 0. The van der Waals surface area contributed by atoms with Gasteiger partial charge in [-0.05, 0) is 24.3 Å². The summed E-state index contributed by atoms with van der Waals surface area (Å²) in [5, 5.41) is 0. The lowest BCUT2D eigenvalue weighted by atomic mass is 10.1. The molecule has 1 aliphatic heterocycles. The van der Waals surface area contributed by atoms with Gasteiger partial charge in [-0.3, -0.25) is 4.79 Å². The Kier molecular flexibility index (Phi) is 2.13. The third-order valence-electron chi connectivity index (χ3n) is 2.35. The number of anilines is 1. The van der Waals surface area contributed by atoms with E-state index in [0.29, 0.717) is 6.54 Å². The van der Waals surface area contributed by atoms with Crippen LogP contribution in [0.15, 0.2) is 24.3 Å². The van der Waals surface area contributed by atoms with Crippen LogP contribution in [-0.4, -0.2) is 25.6 Å². The molecule has 1 atom stereocenters. The summed E-state index contributed by atoms with van der Waals surface area (Å²) in [7, 11) is 1.61. The second kappa shape index (κ2) is 3.31. The van der Waals surface area contributed by atoms with Crippen molar-refractivity contribution in [2.24, 2.45) is 5.73 Å². The fourth-order valence-electron chi connectivity index (χ4n) is 1.45. The molecule has 1 saturated heterocycles. The van der Waals surface area contributed by atoms with Gasteiger partial charge in [-0.2, -0.15) is 0 Å². The van der Waals surface area contributed by atoms with E-state index in [0.717, 1.165) is 11.4 Å². The highest BCUT2D eigenvalue weighted by Crippen LogP contribution is 2.23. The topological polar surface area (TPSA) is 55.6 Å². The summed E-state index contributed by atoms with van der Waals surface area (Å²) in [6, 6.07) is 7.03. The van der Waals surface area contributed by atoms with Crippen LogP contribution in [0.4, 0.5) is 5.69 Å². The molecule has 1 aliphatic rings. The van der Waals surface area contributed by atoms with Crippen molar-refractivity contribution in [3.63, 3.8) is 0 Å². The van der Waals surface area contributed by atoms with E-state index in [1.165, 1.54) is 0 Å². The zero-order valence-electron chi connectivity index (χ0n) is 7.93. The maximum absolute atomic E-state index is 11.3. The Morgan fingerprint density at radius 3 is 2.50 bits per heavy atom. The molecule has 74 valence electrons. The molecule has 0 radical (unpaired) electrons. The summed E-state index contributed by atoms with van der Waals surface area (Å²) in [4.78, 5) is 12.9. The highest BCUT2D eigenvalue weighted by molar-refractivity contribution is 6.03. The fraction of sp³-hybridized carbons (Fsp3) is 0.300.